The first-order valence-corrected chi connectivity index (χ1v) is 24.4. The van der Waals surface area contributed by atoms with Gasteiger partial charge < -0.3 is 14.2 Å². The van der Waals surface area contributed by atoms with Crippen molar-refractivity contribution < 1.29 is 0 Å². The minimum absolute atomic E-state index is 0.0461. The van der Waals surface area contributed by atoms with Crippen LogP contribution in [0.4, 0.5) is 34.1 Å². The number of aryl methyl sites for hydroxylation is 3. The van der Waals surface area contributed by atoms with Crippen molar-refractivity contribution in [2.75, 3.05) is 9.80 Å². The molecule has 0 aliphatic carbocycles. The molecule has 322 valence electrons. The second-order valence-corrected chi connectivity index (χ2v) is 19.7. The van der Waals surface area contributed by atoms with Crippen molar-refractivity contribution in [2.45, 2.75) is 26.7 Å². The van der Waals surface area contributed by atoms with E-state index in [4.69, 9.17) is 0 Å². The van der Waals surface area contributed by atoms with Crippen LogP contribution in [0.3, 0.4) is 0 Å². The lowest BCUT2D eigenvalue weighted by molar-refractivity contribution is 0.987. The van der Waals surface area contributed by atoms with E-state index in [0.717, 1.165) is 11.4 Å². The Morgan fingerprint density at radius 1 is 0.362 bits per heavy atom. The molecule has 15 rings (SSSR count). The molecule has 5 heterocycles. The fourth-order valence-electron chi connectivity index (χ4n) is 13.5. The third-order valence-electron chi connectivity index (χ3n) is 16.0. The van der Waals surface area contributed by atoms with Gasteiger partial charge in [0, 0.05) is 61.6 Å². The van der Waals surface area contributed by atoms with Gasteiger partial charge in [-0.3, -0.25) is 0 Å². The van der Waals surface area contributed by atoms with Crippen molar-refractivity contribution >= 4 is 118 Å². The lowest BCUT2D eigenvalue weighted by Crippen LogP contribution is -2.64. The number of para-hydroxylation sites is 4. The lowest BCUT2D eigenvalue weighted by atomic mass is 9.29. The molecular formula is C64H45B2N3. The maximum absolute atomic E-state index is 2.66. The predicted molar refractivity (Wildman–Crippen MR) is 294 cm³/mol. The largest absolute Gasteiger partial charge is 0.311 e. The van der Waals surface area contributed by atoms with E-state index in [1.54, 1.807) is 0 Å². The number of aromatic nitrogens is 1. The fourth-order valence-corrected chi connectivity index (χ4v) is 13.5. The van der Waals surface area contributed by atoms with Gasteiger partial charge in [-0.1, -0.05) is 185 Å². The van der Waals surface area contributed by atoms with Gasteiger partial charge in [0.2, 0.25) is 6.71 Å². The van der Waals surface area contributed by atoms with Gasteiger partial charge >= 0.3 is 0 Å². The zero-order valence-corrected chi connectivity index (χ0v) is 38.8. The van der Waals surface area contributed by atoms with E-state index in [0.29, 0.717) is 0 Å². The normalized spacial score (nSPS) is 14.6. The Balaban J connectivity index is 1.10. The minimum atomic E-state index is -0.0624. The number of fused-ring (bicyclic) bond motifs is 12. The van der Waals surface area contributed by atoms with Gasteiger partial charge in [-0.25, -0.2) is 0 Å². The molecule has 0 spiro atoms. The number of hydrogen-bond donors (Lipinski definition) is 0. The van der Waals surface area contributed by atoms with E-state index in [1.807, 2.05) is 0 Å². The Morgan fingerprint density at radius 3 is 1.62 bits per heavy atom. The second-order valence-electron chi connectivity index (χ2n) is 19.7. The van der Waals surface area contributed by atoms with Gasteiger partial charge in [0.15, 0.2) is 0 Å². The zero-order valence-electron chi connectivity index (χ0n) is 38.8. The van der Waals surface area contributed by atoms with Crippen LogP contribution in [0.2, 0.25) is 0 Å². The number of anilines is 6. The van der Waals surface area contributed by atoms with E-state index in [1.165, 1.54) is 127 Å². The average molecular weight is 878 g/mol. The van der Waals surface area contributed by atoms with Gasteiger partial charge in [-0.15, -0.1) is 0 Å². The van der Waals surface area contributed by atoms with Gasteiger partial charge in [0.25, 0.3) is 6.71 Å². The molecular weight excluding hydrogens is 832 g/mol. The molecule has 5 heteroatoms. The molecule has 0 bridgehead atoms. The summed E-state index contributed by atoms with van der Waals surface area (Å²) in [5.41, 5.74) is 27.2. The van der Waals surface area contributed by atoms with Gasteiger partial charge in [-0.2, -0.15) is 0 Å². The smallest absolute Gasteiger partial charge is 0.252 e. The van der Waals surface area contributed by atoms with Gasteiger partial charge in [0.1, 0.15) is 0 Å². The molecule has 12 aromatic rings. The highest BCUT2D eigenvalue weighted by Crippen LogP contribution is 2.47. The standard InChI is InChI=1S/C64H45B2N3/c1-39-33-40(2)62(41(3)34-39)65-51-29-15-13-26-48(51)61(42-19-7-4-8-20-42)50-35-53-60(37-52(50)65)68(44-23-11-6-12-24-44)57-32-18-31-56-63(57)66(53)54-38-58-49(36-59(54)67(56)43-21-9-5-10-22-43)47-28-17-27-46-45-25-14-16-30-55(45)69(58)64(46)47/h4-38,61H,1-3H3. The van der Waals surface area contributed by atoms with Crippen molar-refractivity contribution in [1.82, 2.24) is 4.40 Å². The molecule has 69 heavy (non-hydrogen) atoms. The Labute approximate surface area is 403 Å². The molecule has 3 aliphatic heterocycles. The third kappa shape index (κ3) is 5.30. The quantitative estimate of drug-likeness (QED) is 0.163. The van der Waals surface area contributed by atoms with E-state index < -0.39 is 0 Å². The summed E-state index contributed by atoms with van der Waals surface area (Å²) in [4.78, 5) is 5.13. The number of benzene rings is 10. The Kier molecular flexibility index (Phi) is 8.08. The Bertz CT molecular complexity index is 4060. The first kappa shape index (κ1) is 38.8. The highest BCUT2D eigenvalue weighted by atomic mass is 15.2. The number of nitrogens with zero attached hydrogens (tertiary/aromatic N) is 3. The van der Waals surface area contributed by atoms with Crippen LogP contribution >= 0.6 is 0 Å². The molecule has 3 nitrogen and oxygen atoms in total. The molecule has 0 saturated carbocycles. The second kappa shape index (κ2) is 14.4. The van der Waals surface area contributed by atoms with Crippen molar-refractivity contribution in [3.8, 4) is 0 Å². The monoisotopic (exact) mass is 877 g/mol. The molecule has 0 radical (unpaired) electrons. The summed E-state index contributed by atoms with van der Waals surface area (Å²) in [5.74, 6) is 0.0461. The summed E-state index contributed by atoms with van der Waals surface area (Å²) in [5, 5.41) is 5.17. The van der Waals surface area contributed by atoms with Crippen molar-refractivity contribution in [2.24, 2.45) is 0 Å². The summed E-state index contributed by atoms with van der Waals surface area (Å²) < 4.78 is 2.55. The molecule has 0 saturated heterocycles. The van der Waals surface area contributed by atoms with Crippen molar-refractivity contribution in [3.05, 3.63) is 246 Å². The topological polar surface area (TPSA) is 10.9 Å². The zero-order chi connectivity index (χ0) is 45.6. The minimum Gasteiger partial charge on any atom is -0.311 e. The molecule has 10 aromatic carbocycles. The van der Waals surface area contributed by atoms with E-state index in [-0.39, 0.29) is 19.3 Å². The molecule has 1 unspecified atom stereocenters. The summed E-state index contributed by atoms with van der Waals surface area (Å²) in [7, 11) is 0. The molecule has 1 atom stereocenters. The van der Waals surface area contributed by atoms with Crippen molar-refractivity contribution in [3.63, 3.8) is 0 Å². The van der Waals surface area contributed by atoms with Crippen LogP contribution in [-0.2, 0) is 0 Å². The van der Waals surface area contributed by atoms with E-state index in [2.05, 4.69) is 247 Å². The summed E-state index contributed by atoms with van der Waals surface area (Å²) in [6, 6.07) is 80.7. The number of hydrogen-bond acceptors (Lipinski definition) is 2. The van der Waals surface area contributed by atoms with Gasteiger partial charge in [0.05, 0.1) is 16.6 Å². The van der Waals surface area contributed by atoms with Crippen LogP contribution in [-0.4, -0.2) is 17.8 Å². The summed E-state index contributed by atoms with van der Waals surface area (Å²) in [6.07, 6.45) is 0. The maximum Gasteiger partial charge on any atom is 0.252 e. The van der Waals surface area contributed by atoms with Crippen LogP contribution in [0.5, 0.6) is 0 Å². The molecule has 2 aromatic heterocycles. The Morgan fingerprint density at radius 2 is 0.913 bits per heavy atom. The highest BCUT2D eigenvalue weighted by Gasteiger charge is 2.46. The Hall–Kier alpha value is -8.27. The maximum atomic E-state index is 2.66. The van der Waals surface area contributed by atoms with Crippen LogP contribution < -0.4 is 42.6 Å². The summed E-state index contributed by atoms with van der Waals surface area (Å²) >= 11 is 0. The summed E-state index contributed by atoms with van der Waals surface area (Å²) in [6.45, 7) is 6.86. The van der Waals surface area contributed by atoms with E-state index in [9.17, 15) is 0 Å². The molecule has 0 fully saturated rings. The predicted octanol–water partition coefficient (Wildman–Crippen LogP) is 11.9. The molecule has 0 amide bonds. The highest BCUT2D eigenvalue weighted by molar-refractivity contribution is 7.01. The van der Waals surface area contributed by atoms with Crippen LogP contribution in [0, 0.1) is 20.8 Å². The fraction of sp³-hybridized carbons (Fsp3) is 0.0625. The number of rotatable bonds is 4. The van der Waals surface area contributed by atoms with Crippen LogP contribution in [0.15, 0.2) is 212 Å². The van der Waals surface area contributed by atoms with Gasteiger partial charge in [-0.05, 0) is 115 Å². The van der Waals surface area contributed by atoms with Crippen molar-refractivity contribution in [1.29, 1.82) is 0 Å². The third-order valence-corrected chi connectivity index (χ3v) is 16.0. The average Bonchev–Trinajstić information content (AvgIpc) is 3.90. The first-order valence-electron chi connectivity index (χ1n) is 24.4. The lowest BCUT2D eigenvalue weighted by Gasteiger charge is -2.45. The molecule has 0 N–H and O–H groups in total. The van der Waals surface area contributed by atoms with Crippen LogP contribution in [0.25, 0.3) is 38.1 Å². The van der Waals surface area contributed by atoms with E-state index >= 15 is 0 Å². The first-order chi connectivity index (χ1) is 34.0. The molecule has 3 aliphatic rings. The van der Waals surface area contributed by atoms with Crippen LogP contribution in [0.1, 0.15) is 39.3 Å². The SMILES string of the molecule is Cc1cc(C)c(B2c3ccccc3C(c3ccccc3)c3cc4c(cc32)N(c2ccccc2)c2cccc3c2B4c2cc4c(cc2N3c2ccccc2)c2cccc3c5ccccc5n4c32)c(C)c1.